The standard InChI is InChI=1S/C11H13FN2S/c12-4-8-5-14(6-8)7-9-3-11-10(13-9)1-2-15-11/h1-3,8,13H,4-7H2. The topological polar surface area (TPSA) is 19.0 Å². The molecule has 1 saturated heterocycles. The van der Waals surface area contributed by atoms with E-state index in [-0.39, 0.29) is 12.6 Å². The van der Waals surface area contributed by atoms with Crippen LogP contribution in [0, 0.1) is 5.92 Å². The maximum atomic E-state index is 12.2. The van der Waals surface area contributed by atoms with Gasteiger partial charge in [0.05, 0.1) is 16.9 Å². The highest BCUT2D eigenvalue weighted by atomic mass is 32.1. The van der Waals surface area contributed by atoms with E-state index < -0.39 is 0 Å². The Balaban J connectivity index is 1.66. The van der Waals surface area contributed by atoms with Crippen molar-refractivity contribution < 1.29 is 4.39 Å². The van der Waals surface area contributed by atoms with Crippen molar-refractivity contribution in [2.45, 2.75) is 6.54 Å². The number of hydrogen-bond acceptors (Lipinski definition) is 2. The molecule has 0 saturated carbocycles. The molecule has 3 rings (SSSR count). The summed E-state index contributed by atoms with van der Waals surface area (Å²) in [7, 11) is 0. The zero-order valence-corrected chi connectivity index (χ0v) is 9.19. The first-order valence-corrected chi connectivity index (χ1v) is 6.06. The molecule has 0 radical (unpaired) electrons. The van der Waals surface area contributed by atoms with Crippen molar-refractivity contribution in [3.63, 3.8) is 0 Å². The van der Waals surface area contributed by atoms with Gasteiger partial charge in [0.1, 0.15) is 0 Å². The maximum Gasteiger partial charge on any atom is 0.0947 e. The molecule has 0 aliphatic carbocycles. The van der Waals surface area contributed by atoms with Gasteiger partial charge in [-0.1, -0.05) is 0 Å². The molecule has 1 fully saturated rings. The van der Waals surface area contributed by atoms with Crippen LogP contribution in [0.2, 0.25) is 0 Å². The second kappa shape index (κ2) is 3.61. The Morgan fingerprint density at radius 2 is 2.40 bits per heavy atom. The van der Waals surface area contributed by atoms with E-state index >= 15 is 0 Å². The maximum absolute atomic E-state index is 12.2. The van der Waals surface area contributed by atoms with Crippen molar-refractivity contribution in [1.29, 1.82) is 0 Å². The lowest BCUT2D eigenvalue weighted by Crippen LogP contribution is -2.46. The number of fused-ring (bicyclic) bond motifs is 1. The third-order valence-corrected chi connectivity index (χ3v) is 3.80. The Bertz CT molecular complexity index is 427. The fraction of sp³-hybridized carbons (Fsp3) is 0.455. The highest BCUT2D eigenvalue weighted by Gasteiger charge is 2.26. The van der Waals surface area contributed by atoms with Gasteiger partial charge in [0.2, 0.25) is 0 Å². The predicted molar refractivity (Wildman–Crippen MR) is 60.9 cm³/mol. The number of thiophene rings is 1. The smallest absolute Gasteiger partial charge is 0.0947 e. The van der Waals surface area contributed by atoms with Gasteiger partial charge >= 0.3 is 0 Å². The van der Waals surface area contributed by atoms with E-state index in [9.17, 15) is 4.39 Å². The number of halogens is 1. The molecule has 0 amide bonds. The van der Waals surface area contributed by atoms with E-state index in [0.29, 0.717) is 0 Å². The molecular weight excluding hydrogens is 211 g/mol. The summed E-state index contributed by atoms with van der Waals surface area (Å²) in [5.74, 6) is 0.279. The van der Waals surface area contributed by atoms with Crippen molar-refractivity contribution in [2.24, 2.45) is 5.92 Å². The largest absolute Gasteiger partial charge is 0.357 e. The number of H-pyrrole nitrogens is 1. The molecule has 2 nitrogen and oxygen atoms in total. The lowest BCUT2D eigenvalue weighted by Gasteiger charge is -2.37. The minimum Gasteiger partial charge on any atom is -0.357 e. The number of hydrogen-bond donors (Lipinski definition) is 1. The molecule has 1 N–H and O–H groups in total. The van der Waals surface area contributed by atoms with Gasteiger partial charge in [-0.05, 0) is 17.5 Å². The minimum atomic E-state index is -0.170. The van der Waals surface area contributed by atoms with Gasteiger partial charge in [-0.2, -0.15) is 0 Å². The fourth-order valence-corrected chi connectivity index (χ4v) is 2.94. The molecule has 0 bridgehead atoms. The SMILES string of the molecule is FCC1CN(Cc2cc3sccc3[nH]2)C1. The van der Waals surface area contributed by atoms with Crippen LogP contribution in [0.1, 0.15) is 5.69 Å². The number of alkyl halides is 1. The number of nitrogens with zero attached hydrogens (tertiary/aromatic N) is 1. The van der Waals surface area contributed by atoms with Gasteiger partial charge in [0, 0.05) is 31.2 Å². The van der Waals surface area contributed by atoms with E-state index in [2.05, 4.69) is 27.4 Å². The molecule has 2 aromatic rings. The molecule has 1 aliphatic rings. The van der Waals surface area contributed by atoms with Crippen molar-refractivity contribution in [3.8, 4) is 0 Å². The number of aromatic amines is 1. The van der Waals surface area contributed by atoms with E-state index in [1.807, 2.05) is 0 Å². The molecule has 0 spiro atoms. The van der Waals surface area contributed by atoms with Gasteiger partial charge in [0.15, 0.2) is 0 Å². The zero-order chi connectivity index (χ0) is 10.3. The van der Waals surface area contributed by atoms with E-state index in [1.165, 1.54) is 15.9 Å². The number of rotatable bonds is 3. The lowest BCUT2D eigenvalue weighted by molar-refractivity contribution is 0.0728. The summed E-state index contributed by atoms with van der Waals surface area (Å²) in [6.45, 7) is 2.57. The van der Waals surface area contributed by atoms with Crippen LogP contribution in [0.4, 0.5) is 4.39 Å². The molecule has 4 heteroatoms. The summed E-state index contributed by atoms with van der Waals surface area (Å²) < 4.78 is 13.5. The fourth-order valence-electron chi connectivity index (χ4n) is 2.13. The Kier molecular flexibility index (Phi) is 2.25. The average Bonchev–Trinajstić information content (AvgIpc) is 2.69. The summed E-state index contributed by atoms with van der Waals surface area (Å²) in [6, 6.07) is 4.30. The summed E-state index contributed by atoms with van der Waals surface area (Å²) in [5, 5.41) is 2.09. The predicted octanol–water partition coefficient (Wildman–Crippen LogP) is 2.63. The first-order valence-electron chi connectivity index (χ1n) is 5.18. The summed E-state index contributed by atoms with van der Waals surface area (Å²) in [4.78, 5) is 5.66. The molecule has 2 aromatic heterocycles. The highest BCUT2D eigenvalue weighted by Crippen LogP contribution is 2.24. The Morgan fingerprint density at radius 3 is 3.13 bits per heavy atom. The summed E-state index contributed by atoms with van der Waals surface area (Å²) in [6.07, 6.45) is 0. The van der Waals surface area contributed by atoms with Crippen LogP contribution in [-0.2, 0) is 6.54 Å². The first-order chi connectivity index (χ1) is 7.35. The second-order valence-electron chi connectivity index (χ2n) is 4.21. The van der Waals surface area contributed by atoms with Crippen LogP contribution in [0.5, 0.6) is 0 Å². The van der Waals surface area contributed by atoms with Crippen LogP contribution in [-0.4, -0.2) is 29.6 Å². The molecule has 80 valence electrons. The van der Waals surface area contributed by atoms with E-state index in [4.69, 9.17) is 0 Å². The summed E-state index contributed by atoms with van der Waals surface area (Å²) >= 11 is 1.76. The number of nitrogens with one attached hydrogen (secondary N) is 1. The molecule has 3 heterocycles. The third kappa shape index (κ3) is 1.68. The quantitative estimate of drug-likeness (QED) is 0.849. The van der Waals surface area contributed by atoms with E-state index in [1.54, 1.807) is 11.3 Å². The third-order valence-electron chi connectivity index (χ3n) is 2.94. The normalized spacial score (nSPS) is 18.5. The Labute approximate surface area is 91.7 Å². The van der Waals surface area contributed by atoms with Crippen molar-refractivity contribution >= 4 is 21.6 Å². The lowest BCUT2D eigenvalue weighted by atomic mass is 10.0. The molecule has 0 atom stereocenters. The minimum absolute atomic E-state index is 0.170. The van der Waals surface area contributed by atoms with Gasteiger partial charge in [-0.25, -0.2) is 0 Å². The zero-order valence-electron chi connectivity index (χ0n) is 8.37. The molecule has 0 unspecified atom stereocenters. The van der Waals surface area contributed by atoms with Gasteiger partial charge in [-0.3, -0.25) is 9.29 Å². The van der Waals surface area contributed by atoms with Crippen LogP contribution >= 0.6 is 11.3 Å². The molecular formula is C11H13FN2S. The second-order valence-corrected chi connectivity index (χ2v) is 5.16. The van der Waals surface area contributed by atoms with Crippen molar-refractivity contribution in [2.75, 3.05) is 19.8 Å². The Hall–Kier alpha value is -0.870. The van der Waals surface area contributed by atoms with Crippen LogP contribution in [0.25, 0.3) is 10.2 Å². The van der Waals surface area contributed by atoms with Crippen LogP contribution in [0.3, 0.4) is 0 Å². The molecule has 15 heavy (non-hydrogen) atoms. The average molecular weight is 224 g/mol. The monoisotopic (exact) mass is 224 g/mol. The highest BCUT2D eigenvalue weighted by molar-refractivity contribution is 7.17. The molecule has 0 aromatic carbocycles. The first kappa shape index (κ1) is 9.36. The van der Waals surface area contributed by atoms with Gasteiger partial charge < -0.3 is 4.98 Å². The molecule has 1 aliphatic heterocycles. The van der Waals surface area contributed by atoms with Crippen molar-refractivity contribution in [3.05, 3.63) is 23.2 Å². The van der Waals surface area contributed by atoms with E-state index in [0.717, 1.165) is 19.6 Å². The Morgan fingerprint density at radius 1 is 1.53 bits per heavy atom. The number of likely N-dealkylation sites (tertiary alicyclic amines) is 1. The van der Waals surface area contributed by atoms with Crippen molar-refractivity contribution in [1.82, 2.24) is 9.88 Å². The van der Waals surface area contributed by atoms with Crippen LogP contribution in [0.15, 0.2) is 17.5 Å². The van der Waals surface area contributed by atoms with Gasteiger partial charge in [-0.15, -0.1) is 11.3 Å². The summed E-state index contributed by atoms with van der Waals surface area (Å²) in [5.41, 5.74) is 2.46. The number of aromatic nitrogens is 1. The van der Waals surface area contributed by atoms with Crippen LogP contribution < -0.4 is 0 Å². The van der Waals surface area contributed by atoms with Gasteiger partial charge in [0.25, 0.3) is 0 Å².